The van der Waals surface area contributed by atoms with Crippen LogP contribution >= 0.6 is 0 Å². The van der Waals surface area contributed by atoms with Gasteiger partial charge in [-0.3, -0.25) is 10.1 Å². The number of ether oxygens (including phenoxy) is 1. The largest absolute Gasteiger partial charge is 0.456 e. The number of hydrogen-bond acceptors (Lipinski definition) is 4. The molecule has 0 radical (unpaired) electrons. The van der Waals surface area contributed by atoms with E-state index in [9.17, 15) is 23.7 Å². The summed E-state index contributed by atoms with van der Waals surface area (Å²) in [7, 11) is 0. The Morgan fingerprint density at radius 2 is 1.83 bits per heavy atom. The molecule has 0 aliphatic rings. The van der Waals surface area contributed by atoms with Gasteiger partial charge in [0.2, 0.25) is 5.82 Å². The van der Waals surface area contributed by atoms with E-state index in [1.807, 2.05) is 0 Å². The summed E-state index contributed by atoms with van der Waals surface area (Å²) in [6.07, 6.45) is 0. The summed E-state index contributed by atoms with van der Waals surface area (Å²) in [4.78, 5) is 20.8. The summed E-state index contributed by atoms with van der Waals surface area (Å²) in [6, 6.07) is 1.54. The summed E-state index contributed by atoms with van der Waals surface area (Å²) in [5, 5.41) is 10.4. The van der Waals surface area contributed by atoms with Gasteiger partial charge in [-0.15, -0.1) is 0 Å². The number of rotatable bonds is 2. The number of hydrogen-bond donors (Lipinski definition) is 0. The molecule has 1 rings (SSSR count). The number of esters is 1. The van der Waals surface area contributed by atoms with Crippen LogP contribution in [-0.4, -0.2) is 16.5 Å². The van der Waals surface area contributed by atoms with Crippen molar-refractivity contribution in [2.24, 2.45) is 0 Å². The number of carbonyl (C=O) groups is 1. The van der Waals surface area contributed by atoms with Crippen molar-refractivity contribution in [2.75, 3.05) is 0 Å². The number of nitro benzene ring substituents is 1. The lowest BCUT2D eigenvalue weighted by molar-refractivity contribution is -0.387. The van der Waals surface area contributed by atoms with Crippen LogP contribution in [0.4, 0.5) is 14.5 Å². The van der Waals surface area contributed by atoms with Gasteiger partial charge in [0.05, 0.1) is 10.5 Å². The predicted molar refractivity (Wildman–Crippen MR) is 58.2 cm³/mol. The number of nitrogens with zero attached hydrogens (tertiary/aromatic N) is 1. The third kappa shape index (κ3) is 2.99. The zero-order chi connectivity index (χ0) is 14.1. The van der Waals surface area contributed by atoms with Gasteiger partial charge in [-0.2, -0.15) is 4.39 Å². The fourth-order valence-electron chi connectivity index (χ4n) is 1.17. The molecule has 1 aromatic carbocycles. The number of nitro groups is 1. The van der Waals surface area contributed by atoms with E-state index in [4.69, 9.17) is 4.74 Å². The normalized spacial score (nSPS) is 11.2. The highest BCUT2D eigenvalue weighted by molar-refractivity contribution is 5.90. The Bertz CT molecular complexity index is 509. The molecule has 7 heteroatoms. The van der Waals surface area contributed by atoms with E-state index in [0.29, 0.717) is 0 Å². The van der Waals surface area contributed by atoms with Crippen LogP contribution in [0, 0.1) is 21.7 Å². The molecule has 0 N–H and O–H groups in total. The maximum absolute atomic E-state index is 13.5. The summed E-state index contributed by atoms with van der Waals surface area (Å²) in [5.41, 5.74) is -2.57. The van der Waals surface area contributed by atoms with Crippen LogP contribution in [0.25, 0.3) is 0 Å². The van der Waals surface area contributed by atoms with E-state index in [1.165, 1.54) is 0 Å². The predicted octanol–water partition coefficient (Wildman–Crippen LogP) is 2.83. The van der Waals surface area contributed by atoms with Gasteiger partial charge in [-0.25, -0.2) is 9.18 Å². The minimum Gasteiger partial charge on any atom is -0.456 e. The Morgan fingerprint density at radius 3 is 2.28 bits per heavy atom. The molecule has 0 saturated heterocycles. The zero-order valence-corrected chi connectivity index (χ0v) is 9.99. The monoisotopic (exact) mass is 259 g/mol. The maximum Gasteiger partial charge on any atom is 0.341 e. The second kappa shape index (κ2) is 4.67. The van der Waals surface area contributed by atoms with Gasteiger partial charge < -0.3 is 4.74 Å². The average Bonchev–Trinajstić information content (AvgIpc) is 2.18. The van der Waals surface area contributed by atoms with Gasteiger partial charge in [0.25, 0.3) is 0 Å². The van der Waals surface area contributed by atoms with Crippen LogP contribution in [0.1, 0.15) is 31.1 Å². The highest BCUT2D eigenvalue weighted by Crippen LogP contribution is 2.24. The molecule has 0 aliphatic carbocycles. The van der Waals surface area contributed by atoms with Crippen LogP contribution in [-0.2, 0) is 4.74 Å². The number of benzene rings is 1. The van der Waals surface area contributed by atoms with Gasteiger partial charge in [0, 0.05) is 6.07 Å². The number of carbonyl (C=O) groups excluding carboxylic acids is 1. The molecule has 0 heterocycles. The maximum atomic E-state index is 13.5. The minimum atomic E-state index is -1.68. The van der Waals surface area contributed by atoms with Crippen LogP contribution in [0.3, 0.4) is 0 Å². The minimum absolute atomic E-state index is 0.673. The molecule has 0 bridgehead atoms. The third-order valence-electron chi connectivity index (χ3n) is 1.88. The third-order valence-corrected chi connectivity index (χ3v) is 1.88. The fraction of sp³-hybridized carbons (Fsp3) is 0.364. The van der Waals surface area contributed by atoms with Crippen molar-refractivity contribution in [3.63, 3.8) is 0 Å². The SMILES string of the molecule is CC(C)(C)OC(=O)c1ccc([N+](=O)[O-])c(F)c1F. The van der Waals surface area contributed by atoms with E-state index >= 15 is 0 Å². The molecule has 0 atom stereocenters. The van der Waals surface area contributed by atoms with E-state index in [0.717, 1.165) is 12.1 Å². The van der Waals surface area contributed by atoms with E-state index in [1.54, 1.807) is 20.8 Å². The van der Waals surface area contributed by atoms with Gasteiger partial charge >= 0.3 is 11.7 Å². The summed E-state index contributed by atoms with van der Waals surface area (Å²) in [6.45, 7) is 4.68. The van der Waals surface area contributed by atoms with Crippen molar-refractivity contribution in [3.05, 3.63) is 39.4 Å². The lowest BCUT2D eigenvalue weighted by Gasteiger charge is -2.19. The molecule has 18 heavy (non-hydrogen) atoms. The standard InChI is InChI=1S/C11H11F2NO4/c1-11(2,3)18-10(15)6-4-5-7(14(16)17)9(13)8(6)12/h4-5H,1-3H3. The smallest absolute Gasteiger partial charge is 0.341 e. The molecular weight excluding hydrogens is 248 g/mol. The first-order chi connectivity index (χ1) is 8.13. The Kier molecular flexibility index (Phi) is 3.64. The highest BCUT2D eigenvalue weighted by Gasteiger charge is 2.27. The van der Waals surface area contributed by atoms with Gasteiger partial charge in [-0.1, -0.05) is 0 Å². The van der Waals surface area contributed by atoms with Gasteiger partial charge in [0.1, 0.15) is 5.60 Å². The van der Waals surface area contributed by atoms with Crippen LogP contribution in [0.5, 0.6) is 0 Å². The Morgan fingerprint density at radius 1 is 1.28 bits per heavy atom. The van der Waals surface area contributed by atoms with Crippen LogP contribution < -0.4 is 0 Å². The van der Waals surface area contributed by atoms with Crippen molar-refractivity contribution in [1.29, 1.82) is 0 Å². The molecule has 0 fully saturated rings. The van der Waals surface area contributed by atoms with Crippen molar-refractivity contribution in [2.45, 2.75) is 26.4 Å². The summed E-state index contributed by atoms with van der Waals surface area (Å²) in [5.74, 6) is -4.34. The second-order valence-corrected chi connectivity index (χ2v) is 4.52. The summed E-state index contributed by atoms with van der Waals surface area (Å²) >= 11 is 0. The zero-order valence-electron chi connectivity index (χ0n) is 9.99. The quantitative estimate of drug-likeness (QED) is 0.465. The first kappa shape index (κ1) is 14.0. The highest BCUT2D eigenvalue weighted by atomic mass is 19.2. The lowest BCUT2D eigenvalue weighted by Crippen LogP contribution is -2.24. The van der Waals surface area contributed by atoms with Gasteiger partial charge in [-0.05, 0) is 26.8 Å². The molecule has 5 nitrogen and oxygen atoms in total. The molecular formula is C11H11F2NO4. The topological polar surface area (TPSA) is 69.4 Å². The Balaban J connectivity index is 3.17. The molecule has 0 unspecified atom stereocenters. The van der Waals surface area contributed by atoms with Gasteiger partial charge in [0.15, 0.2) is 5.82 Å². The van der Waals surface area contributed by atoms with Crippen LogP contribution in [0.15, 0.2) is 12.1 Å². The molecule has 98 valence electrons. The number of halogens is 2. The van der Waals surface area contributed by atoms with Crippen molar-refractivity contribution in [3.8, 4) is 0 Å². The molecule has 0 aromatic heterocycles. The molecule has 0 spiro atoms. The molecule has 0 amide bonds. The van der Waals surface area contributed by atoms with Crippen LogP contribution in [0.2, 0.25) is 0 Å². The first-order valence-corrected chi connectivity index (χ1v) is 4.99. The van der Waals surface area contributed by atoms with Crippen molar-refractivity contribution >= 4 is 11.7 Å². The fourth-order valence-corrected chi connectivity index (χ4v) is 1.17. The van der Waals surface area contributed by atoms with E-state index in [-0.39, 0.29) is 0 Å². The lowest BCUT2D eigenvalue weighted by atomic mass is 10.1. The average molecular weight is 259 g/mol. The second-order valence-electron chi connectivity index (χ2n) is 4.52. The molecule has 0 saturated carbocycles. The molecule has 1 aromatic rings. The Hall–Kier alpha value is -2.05. The van der Waals surface area contributed by atoms with E-state index < -0.39 is 39.4 Å². The Labute approximate surface area is 102 Å². The van der Waals surface area contributed by atoms with Crippen molar-refractivity contribution < 1.29 is 23.2 Å². The first-order valence-electron chi connectivity index (χ1n) is 4.99. The molecule has 0 aliphatic heterocycles. The summed E-state index contributed by atoms with van der Waals surface area (Å²) < 4.78 is 31.6. The van der Waals surface area contributed by atoms with E-state index in [2.05, 4.69) is 0 Å². The van der Waals surface area contributed by atoms with Crippen molar-refractivity contribution in [1.82, 2.24) is 0 Å².